The summed E-state index contributed by atoms with van der Waals surface area (Å²) in [6.07, 6.45) is -0.343. The van der Waals surface area contributed by atoms with Crippen molar-refractivity contribution < 1.29 is 9.13 Å². The number of hydrogen-bond donors (Lipinski definition) is 0. The van der Waals surface area contributed by atoms with E-state index < -0.39 is 0 Å². The van der Waals surface area contributed by atoms with E-state index in [1.807, 2.05) is 48.5 Å². The maximum atomic E-state index is 13.5. The summed E-state index contributed by atoms with van der Waals surface area (Å²) in [4.78, 5) is 0. The predicted molar refractivity (Wildman–Crippen MR) is 80.6 cm³/mol. The lowest BCUT2D eigenvalue weighted by atomic mass is 10.0. The molecule has 1 radical (unpaired) electrons. The van der Waals surface area contributed by atoms with Crippen molar-refractivity contribution in [2.75, 3.05) is 0 Å². The Hall–Kier alpha value is -2.61. The first-order chi connectivity index (χ1) is 10.3. The number of ether oxygens (including phenoxy) is 1. The Bertz CT molecular complexity index is 695. The van der Waals surface area contributed by atoms with Crippen molar-refractivity contribution in [2.45, 2.75) is 6.10 Å². The Labute approximate surface area is 123 Å². The zero-order valence-electron chi connectivity index (χ0n) is 11.4. The highest BCUT2D eigenvalue weighted by atomic mass is 19.1. The molecule has 0 heterocycles. The van der Waals surface area contributed by atoms with E-state index in [2.05, 4.69) is 6.07 Å². The van der Waals surface area contributed by atoms with Crippen LogP contribution >= 0.6 is 0 Å². The van der Waals surface area contributed by atoms with Crippen molar-refractivity contribution in [3.8, 4) is 5.75 Å². The third kappa shape index (κ3) is 3.29. The maximum Gasteiger partial charge on any atom is 0.149 e. The molecule has 1 atom stereocenters. The van der Waals surface area contributed by atoms with E-state index in [0.29, 0.717) is 0 Å². The predicted octanol–water partition coefficient (Wildman–Crippen LogP) is 4.79. The summed E-state index contributed by atoms with van der Waals surface area (Å²) in [6.45, 7) is 0. The van der Waals surface area contributed by atoms with Gasteiger partial charge in [0.1, 0.15) is 17.7 Å². The molecule has 3 aromatic rings. The number of rotatable bonds is 4. The molecule has 1 nitrogen and oxygen atoms in total. The summed E-state index contributed by atoms with van der Waals surface area (Å²) in [5.41, 5.74) is 1.77. The Morgan fingerprint density at radius 2 is 1.52 bits per heavy atom. The van der Waals surface area contributed by atoms with Gasteiger partial charge in [-0.25, -0.2) is 4.39 Å². The monoisotopic (exact) mass is 277 g/mol. The first kappa shape index (κ1) is 13.4. The molecule has 0 bridgehead atoms. The Morgan fingerprint density at radius 1 is 0.810 bits per heavy atom. The molecule has 0 spiro atoms. The van der Waals surface area contributed by atoms with Crippen molar-refractivity contribution in [1.29, 1.82) is 0 Å². The molecule has 21 heavy (non-hydrogen) atoms. The number of halogens is 1. The summed E-state index contributed by atoms with van der Waals surface area (Å²) in [6, 6.07) is 26.5. The minimum Gasteiger partial charge on any atom is -0.481 e. The smallest absolute Gasteiger partial charge is 0.149 e. The van der Waals surface area contributed by atoms with E-state index in [0.717, 1.165) is 16.9 Å². The van der Waals surface area contributed by atoms with Crippen LogP contribution in [-0.2, 0) is 0 Å². The fraction of sp³-hybridized carbons (Fsp3) is 0.0526. The third-order valence-corrected chi connectivity index (χ3v) is 3.20. The summed E-state index contributed by atoms with van der Waals surface area (Å²) < 4.78 is 19.6. The molecule has 0 aromatic heterocycles. The second-order valence-electron chi connectivity index (χ2n) is 4.70. The fourth-order valence-corrected chi connectivity index (χ4v) is 2.21. The lowest BCUT2D eigenvalue weighted by molar-refractivity contribution is 0.247. The molecule has 0 N–H and O–H groups in total. The van der Waals surface area contributed by atoms with Crippen molar-refractivity contribution in [3.63, 3.8) is 0 Å². The average molecular weight is 277 g/mol. The van der Waals surface area contributed by atoms with Crippen LogP contribution in [-0.4, -0.2) is 0 Å². The van der Waals surface area contributed by atoms with Gasteiger partial charge in [-0.05, 0) is 41.5 Å². The van der Waals surface area contributed by atoms with E-state index in [1.165, 1.54) is 12.1 Å². The zero-order valence-corrected chi connectivity index (χ0v) is 11.4. The van der Waals surface area contributed by atoms with Crippen LogP contribution in [0.2, 0.25) is 0 Å². The van der Waals surface area contributed by atoms with E-state index in [1.54, 1.807) is 18.2 Å². The first-order valence-corrected chi connectivity index (χ1v) is 6.76. The normalized spacial score (nSPS) is 11.9. The summed E-state index contributed by atoms with van der Waals surface area (Å²) in [5.74, 6) is 0.463. The van der Waals surface area contributed by atoms with Gasteiger partial charge < -0.3 is 4.74 Å². The van der Waals surface area contributed by atoms with E-state index in [4.69, 9.17) is 4.74 Å². The second kappa shape index (κ2) is 6.23. The van der Waals surface area contributed by atoms with Gasteiger partial charge in [0.2, 0.25) is 0 Å². The Morgan fingerprint density at radius 3 is 2.24 bits per heavy atom. The van der Waals surface area contributed by atoms with Crippen molar-refractivity contribution >= 4 is 0 Å². The molecule has 0 amide bonds. The Kier molecular flexibility index (Phi) is 3.97. The van der Waals surface area contributed by atoms with Crippen LogP contribution in [0, 0.1) is 11.9 Å². The van der Waals surface area contributed by atoms with E-state index in [9.17, 15) is 4.39 Å². The van der Waals surface area contributed by atoms with Crippen molar-refractivity contribution in [1.82, 2.24) is 0 Å². The molecular formula is C19H14FO. The molecular weight excluding hydrogens is 263 g/mol. The minimum absolute atomic E-state index is 0.265. The van der Waals surface area contributed by atoms with Crippen LogP contribution in [0.15, 0.2) is 78.9 Å². The molecule has 0 fully saturated rings. The number of benzene rings is 3. The fourth-order valence-electron chi connectivity index (χ4n) is 2.21. The summed E-state index contributed by atoms with van der Waals surface area (Å²) in [7, 11) is 0. The van der Waals surface area contributed by atoms with Gasteiger partial charge in [-0.2, -0.15) is 0 Å². The van der Waals surface area contributed by atoms with E-state index in [-0.39, 0.29) is 11.9 Å². The third-order valence-electron chi connectivity index (χ3n) is 3.20. The van der Waals surface area contributed by atoms with Gasteiger partial charge >= 0.3 is 0 Å². The van der Waals surface area contributed by atoms with Crippen LogP contribution in [0.5, 0.6) is 5.75 Å². The molecule has 0 aliphatic heterocycles. The largest absolute Gasteiger partial charge is 0.481 e. The van der Waals surface area contributed by atoms with E-state index >= 15 is 0 Å². The average Bonchev–Trinajstić information content (AvgIpc) is 2.54. The second-order valence-corrected chi connectivity index (χ2v) is 4.70. The maximum absolute atomic E-state index is 13.5. The van der Waals surface area contributed by atoms with Gasteiger partial charge in [0, 0.05) is 0 Å². The van der Waals surface area contributed by atoms with Gasteiger partial charge in [0.05, 0.1) is 0 Å². The van der Waals surface area contributed by atoms with Crippen LogP contribution in [0.25, 0.3) is 0 Å². The van der Waals surface area contributed by atoms with Gasteiger partial charge in [0.15, 0.2) is 0 Å². The molecule has 103 valence electrons. The minimum atomic E-state index is -0.343. The van der Waals surface area contributed by atoms with Gasteiger partial charge in [0.25, 0.3) is 0 Å². The summed E-state index contributed by atoms with van der Waals surface area (Å²) in [5, 5.41) is 0. The highest BCUT2D eigenvalue weighted by Gasteiger charge is 2.16. The van der Waals surface area contributed by atoms with Crippen LogP contribution in [0.3, 0.4) is 0 Å². The summed E-state index contributed by atoms with van der Waals surface area (Å²) >= 11 is 0. The van der Waals surface area contributed by atoms with Gasteiger partial charge in [-0.1, -0.05) is 54.6 Å². The highest BCUT2D eigenvalue weighted by molar-refractivity contribution is 5.33. The first-order valence-electron chi connectivity index (χ1n) is 6.76. The highest BCUT2D eigenvalue weighted by Crippen LogP contribution is 2.28. The van der Waals surface area contributed by atoms with Crippen LogP contribution in [0.4, 0.5) is 4.39 Å². The lowest BCUT2D eigenvalue weighted by Gasteiger charge is -2.20. The SMILES string of the molecule is Fc1cccc(C(Oc2cc[c]cc2)c2ccccc2)c1. The quantitative estimate of drug-likeness (QED) is 0.666. The Balaban J connectivity index is 1.99. The number of hydrogen-bond acceptors (Lipinski definition) is 1. The van der Waals surface area contributed by atoms with Crippen molar-refractivity contribution in [3.05, 3.63) is 102 Å². The van der Waals surface area contributed by atoms with Crippen LogP contribution < -0.4 is 4.74 Å². The molecule has 0 saturated heterocycles. The van der Waals surface area contributed by atoms with Crippen molar-refractivity contribution in [2.24, 2.45) is 0 Å². The molecule has 1 unspecified atom stereocenters. The molecule has 3 rings (SSSR count). The molecule has 0 aliphatic carbocycles. The van der Waals surface area contributed by atoms with Gasteiger partial charge in [-0.3, -0.25) is 0 Å². The zero-order chi connectivity index (χ0) is 14.5. The molecule has 2 heteroatoms. The lowest BCUT2D eigenvalue weighted by Crippen LogP contribution is -2.09. The molecule has 0 aliphatic rings. The standard InChI is InChI=1S/C19H14FO/c20-17-11-7-10-16(14-17)19(15-8-3-1-4-9-15)21-18-12-5-2-6-13-18/h1,3-14,19H. The van der Waals surface area contributed by atoms with Crippen LogP contribution in [0.1, 0.15) is 17.2 Å². The topological polar surface area (TPSA) is 9.23 Å². The molecule has 0 saturated carbocycles. The van der Waals surface area contributed by atoms with Gasteiger partial charge in [-0.15, -0.1) is 0 Å². The molecule has 3 aromatic carbocycles.